The summed E-state index contributed by atoms with van der Waals surface area (Å²) in [5.74, 6) is 0.705. The quantitative estimate of drug-likeness (QED) is 0.299. The van der Waals surface area contributed by atoms with E-state index in [0.29, 0.717) is 44.2 Å². The summed E-state index contributed by atoms with van der Waals surface area (Å²) in [6.45, 7) is 0. The Morgan fingerprint density at radius 1 is 1.10 bits per heavy atom. The van der Waals surface area contributed by atoms with Crippen molar-refractivity contribution < 1.29 is 8.91 Å². The average Bonchev–Trinajstić information content (AvgIpc) is 3.44. The van der Waals surface area contributed by atoms with Crippen molar-refractivity contribution in [1.29, 1.82) is 0 Å². The van der Waals surface area contributed by atoms with Gasteiger partial charge in [-0.1, -0.05) is 23.0 Å². The Labute approximate surface area is 177 Å². The first-order valence-corrected chi connectivity index (χ1v) is 10.7. The van der Waals surface area contributed by atoms with Gasteiger partial charge in [-0.05, 0) is 47.8 Å². The van der Waals surface area contributed by atoms with E-state index in [4.69, 9.17) is 4.52 Å². The SMILES string of the molecule is O=c1c2sccc2nc(SCc2nc(-c3ccccn3)no2)n1-c1ccc(F)cc1. The van der Waals surface area contributed by atoms with Crippen molar-refractivity contribution in [2.45, 2.75) is 10.9 Å². The molecule has 0 radical (unpaired) electrons. The molecule has 0 aliphatic carbocycles. The molecule has 0 aliphatic rings. The van der Waals surface area contributed by atoms with Gasteiger partial charge in [0.2, 0.25) is 11.7 Å². The third kappa shape index (κ3) is 3.51. The molecule has 0 saturated heterocycles. The van der Waals surface area contributed by atoms with Gasteiger partial charge in [-0.25, -0.2) is 9.37 Å². The molecular formula is C20H12FN5O2S2. The summed E-state index contributed by atoms with van der Waals surface area (Å²) < 4.78 is 20.7. The number of thioether (sulfide) groups is 1. The van der Waals surface area contributed by atoms with Crippen LogP contribution in [0, 0.1) is 5.82 Å². The molecule has 0 aliphatic heterocycles. The number of benzene rings is 1. The molecule has 0 atom stereocenters. The largest absolute Gasteiger partial charge is 0.338 e. The Morgan fingerprint density at radius 3 is 2.77 bits per heavy atom. The summed E-state index contributed by atoms with van der Waals surface area (Å²) in [6.07, 6.45) is 1.65. The van der Waals surface area contributed by atoms with Gasteiger partial charge in [0.05, 0.1) is 17.0 Å². The van der Waals surface area contributed by atoms with Crippen LogP contribution in [0.25, 0.3) is 27.4 Å². The number of fused-ring (bicyclic) bond motifs is 1. The standard InChI is InChI=1S/C20H12FN5O2S2/c21-12-4-6-13(7-5-12)26-19(27)17-14(8-10-29-17)23-20(26)30-11-16-24-18(25-28-16)15-3-1-2-9-22-15/h1-10H,11H2. The number of nitrogens with zero attached hydrogens (tertiary/aromatic N) is 5. The molecule has 7 nitrogen and oxygen atoms in total. The summed E-state index contributed by atoms with van der Waals surface area (Å²) in [5.41, 5.74) is 1.55. The molecule has 0 fully saturated rings. The van der Waals surface area contributed by atoms with Crippen LogP contribution in [0.3, 0.4) is 0 Å². The van der Waals surface area contributed by atoms with E-state index in [1.807, 2.05) is 11.4 Å². The minimum absolute atomic E-state index is 0.205. The van der Waals surface area contributed by atoms with Gasteiger partial charge in [0.25, 0.3) is 5.56 Å². The monoisotopic (exact) mass is 437 g/mol. The van der Waals surface area contributed by atoms with E-state index in [9.17, 15) is 9.18 Å². The molecule has 1 aromatic carbocycles. The van der Waals surface area contributed by atoms with E-state index >= 15 is 0 Å². The summed E-state index contributed by atoms with van der Waals surface area (Å²) in [7, 11) is 0. The lowest BCUT2D eigenvalue weighted by molar-refractivity contribution is 0.391. The fourth-order valence-electron chi connectivity index (χ4n) is 2.85. The molecule has 0 N–H and O–H groups in total. The molecule has 0 saturated carbocycles. The zero-order chi connectivity index (χ0) is 20.5. The summed E-state index contributed by atoms with van der Waals surface area (Å²) in [6, 6.07) is 13.0. The molecule has 0 unspecified atom stereocenters. The minimum Gasteiger partial charge on any atom is -0.338 e. The number of halogens is 1. The van der Waals surface area contributed by atoms with E-state index in [-0.39, 0.29) is 11.4 Å². The van der Waals surface area contributed by atoms with Crippen molar-refractivity contribution in [3.63, 3.8) is 0 Å². The minimum atomic E-state index is -0.376. The van der Waals surface area contributed by atoms with E-state index < -0.39 is 0 Å². The van der Waals surface area contributed by atoms with Crippen molar-refractivity contribution in [3.05, 3.63) is 82.2 Å². The fraction of sp³-hybridized carbons (Fsp3) is 0.0500. The number of pyridine rings is 1. The third-order valence-electron chi connectivity index (χ3n) is 4.22. The predicted octanol–water partition coefficient (Wildman–Crippen LogP) is 4.32. The van der Waals surface area contributed by atoms with Crippen molar-refractivity contribution in [2.75, 3.05) is 0 Å². The highest BCUT2D eigenvalue weighted by Gasteiger charge is 2.16. The van der Waals surface area contributed by atoms with Gasteiger partial charge in [-0.2, -0.15) is 4.98 Å². The Bertz CT molecular complexity index is 1380. The van der Waals surface area contributed by atoms with E-state index in [1.165, 1.54) is 39.8 Å². The Morgan fingerprint density at radius 2 is 1.97 bits per heavy atom. The zero-order valence-electron chi connectivity index (χ0n) is 15.2. The lowest BCUT2D eigenvalue weighted by atomic mass is 10.3. The molecule has 5 rings (SSSR count). The Kier molecular flexibility index (Phi) is 4.85. The van der Waals surface area contributed by atoms with Gasteiger partial charge in [-0.15, -0.1) is 11.3 Å². The van der Waals surface area contributed by atoms with Gasteiger partial charge >= 0.3 is 0 Å². The molecule has 30 heavy (non-hydrogen) atoms. The third-order valence-corrected chi connectivity index (χ3v) is 6.04. The van der Waals surface area contributed by atoms with Crippen LogP contribution < -0.4 is 5.56 Å². The normalized spacial score (nSPS) is 11.2. The maximum Gasteiger partial charge on any atom is 0.276 e. The number of hydrogen-bond donors (Lipinski definition) is 0. The second kappa shape index (κ2) is 7.81. The van der Waals surface area contributed by atoms with E-state index in [0.717, 1.165) is 0 Å². The van der Waals surface area contributed by atoms with Crippen LogP contribution >= 0.6 is 23.1 Å². The molecule has 10 heteroatoms. The van der Waals surface area contributed by atoms with Crippen molar-refractivity contribution in [3.8, 4) is 17.2 Å². The van der Waals surface area contributed by atoms with Gasteiger partial charge < -0.3 is 4.52 Å². The molecule has 5 aromatic rings. The lowest BCUT2D eigenvalue weighted by Gasteiger charge is -2.11. The summed E-state index contributed by atoms with van der Waals surface area (Å²) in [4.78, 5) is 26.2. The highest BCUT2D eigenvalue weighted by Crippen LogP contribution is 2.26. The molecule has 4 heterocycles. The van der Waals surface area contributed by atoms with Crippen molar-refractivity contribution >= 4 is 33.3 Å². The Hall–Kier alpha value is -3.37. The topological polar surface area (TPSA) is 86.7 Å². The van der Waals surface area contributed by atoms with Crippen LogP contribution in [-0.4, -0.2) is 24.7 Å². The maximum atomic E-state index is 13.4. The van der Waals surface area contributed by atoms with E-state index in [2.05, 4.69) is 20.1 Å². The maximum absolute atomic E-state index is 13.4. The first-order chi connectivity index (χ1) is 14.7. The molecule has 0 amide bonds. The van der Waals surface area contributed by atoms with Crippen LogP contribution in [0.2, 0.25) is 0 Å². The lowest BCUT2D eigenvalue weighted by Crippen LogP contribution is -2.20. The Balaban J connectivity index is 1.50. The highest BCUT2D eigenvalue weighted by molar-refractivity contribution is 7.98. The van der Waals surface area contributed by atoms with Crippen LogP contribution in [0.1, 0.15) is 5.89 Å². The first-order valence-electron chi connectivity index (χ1n) is 8.82. The van der Waals surface area contributed by atoms with Gasteiger partial charge in [0.1, 0.15) is 16.2 Å². The van der Waals surface area contributed by atoms with Crippen molar-refractivity contribution in [1.82, 2.24) is 24.7 Å². The highest BCUT2D eigenvalue weighted by atomic mass is 32.2. The fourth-order valence-corrected chi connectivity index (χ4v) is 4.46. The second-order valence-electron chi connectivity index (χ2n) is 6.16. The number of hydrogen-bond acceptors (Lipinski definition) is 8. The smallest absolute Gasteiger partial charge is 0.276 e. The van der Waals surface area contributed by atoms with Gasteiger partial charge in [0, 0.05) is 6.20 Å². The molecular weight excluding hydrogens is 425 g/mol. The van der Waals surface area contributed by atoms with Crippen LogP contribution in [-0.2, 0) is 5.75 Å². The summed E-state index contributed by atoms with van der Waals surface area (Å²) in [5, 5.41) is 6.23. The van der Waals surface area contributed by atoms with Crippen LogP contribution in [0.4, 0.5) is 4.39 Å². The van der Waals surface area contributed by atoms with E-state index in [1.54, 1.807) is 36.5 Å². The number of rotatable bonds is 5. The molecule has 0 bridgehead atoms. The van der Waals surface area contributed by atoms with Gasteiger partial charge in [-0.3, -0.25) is 14.3 Å². The molecule has 148 valence electrons. The zero-order valence-corrected chi connectivity index (χ0v) is 16.9. The molecule has 4 aromatic heterocycles. The summed E-state index contributed by atoms with van der Waals surface area (Å²) >= 11 is 2.61. The average molecular weight is 437 g/mol. The second-order valence-corrected chi connectivity index (χ2v) is 8.02. The van der Waals surface area contributed by atoms with Crippen molar-refractivity contribution in [2.24, 2.45) is 0 Å². The molecule has 0 spiro atoms. The first kappa shape index (κ1) is 18.6. The predicted molar refractivity (Wildman–Crippen MR) is 112 cm³/mol. The number of aromatic nitrogens is 5. The van der Waals surface area contributed by atoms with Crippen LogP contribution in [0.5, 0.6) is 0 Å². The number of thiophene rings is 1. The van der Waals surface area contributed by atoms with Gasteiger partial charge in [0.15, 0.2) is 5.16 Å². The van der Waals surface area contributed by atoms with Crippen LogP contribution in [0.15, 0.2) is 74.6 Å².